The molecule has 204 valence electrons. The lowest BCUT2D eigenvalue weighted by Crippen LogP contribution is -2.38. The van der Waals surface area contributed by atoms with Gasteiger partial charge in [0.15, 0.2) is 11.5 Å². The molecule has 8 nitrogen and oxygen atoms in total. The van der Waals surface area contributed by atoms with Crippen molar-refractivity contribution in [2.45, 2.75) is 38.0 Å². The Kier molecular flexibility index (Phi) is 9.19. The van der Waals surface area contributed by atoms with Gasteiger partial charge in [0, 0.05) is 37.3 Å². The third-order valence-electron chi connectivity index (χ3n) is 6.43. The molecule has 38 heavy (non-hydrogen) atoms. The monoisotopic (exact) mass is 569 g/mol. The number of hydrogen-bond acceptors (Lipinski definition) is 6. The fraction of sp³-hybridized carbons (Fsp3) is 0.360. The molecule has 3 aromatic heterocycles. The number of nitrogens with two attached hydrogens (primary N) is 1. The van der Waals surface area contributed by atoms with Crippen LogP contribution in [0.25, 0.3) is 28.1 Å². The predicted octanol–water partition coefficient (Wildman–Crippen LogP) is 4.10. The molecule has 0 aliphatic carbocycles. The van der Waals surface area contributed by atoms with Crippen molar-refractivity contribution in [1.29, 1.82) is 0 Å². The van der Waals surface area contributed by atoms with Gasteiger partial charge in [-0.1, -0.05) is 30.3 Å². The topological polar surface area (TPSA) is 101 Å². The number of pyridine rings is 2. The van der Waals surface area contributed by atoms with Crippen molar-refractivity contribution in [3.8, 4) is 11.5 Å². The zero-order valence-electron chi connectivity index (χ0n) is 20.5. The van der Waals surface area contributed by atoms with Gasteiger partial charge < -0.3 is 11.1 Å². The first kappa shape index (κ1) is 29.6. The number of amides is 1. The Hall–Kier alpha value is -2.99. The van der Waals surface area contributed by atoms with Gasteiger partial charge in [0.25, 0.3) is 0 Å². The number of alkyl halides is 3. The third kappa shape index (κ3) is 5.85. The molecule has 1 aliphatic heterocycles. The standard InChI is InChI=1S/C25H26F3N7O.2ClH/c1-2-30-21(36)12-16-5-3-4-15-6-8-19(31-22(15)16)24-33-32-20-9-7-17(13-35(20)24)23(25(26,27)28)34-11-10-18(29)14-34;;/h3-9,13,18,23H,2,10-12,14,29H2,1H3,(H,30,36);2*1H/t18-,23+;;/m0../s1. The summed E-state index contributed by atoms with van der Waals surface area (Å²) in [6.45, 7) is 2.83. The van der Waals surface area contributed by atoms with Crippen LogP contribution in [-0.2, 0) is 11.2 Å². The number of hydrogen-bond donors (Lipinski definition) is 2. The zero-order valence-corrected chi connectivity index (χ0v) is 22.1. The van der Waals surface area contributed by atoms with Crippen LogP contribution in [-0.4, -0.2) is 62.2 Å². The van der Waals surface area contributed by atoms with E-state index in [1.54, 1.807) is 6.07 Å². The Morgan fingerprint density at radius 3 is 2.63 bits per heavy atom. The summed E-state index contributed by atoms with van der Waals surface area (Å²) in [5.74, 6) is 0.204. The number of carbonyl (C=O) groups is 1. The number of carbonyl (C=O) groups excluding carboxylic acids is 1. The first-order valence-corrected chi connectivity index (χ1v) is 11.8. The van der Waals surface area contributed by atoms with E-state index < -0.39 is 12.2 Å². The lowest BCUT2D eigenvalue weighted by atomic mass is 10.1. The minimum atomic E-state index is -4.47. The van der Waals surface area contributed by atoms with Gasteiger partial charge in [0.05, 0.1) is 11.9 Å². The zero-order chi connectivity index (χ0) is 25.4. The lowest BCUT2D eigenvalue weighted by Gasteiger charge is -2.30. The third-order valence-corrected chi connectivity index (χ3v) is 6.43. The molecule has 0 spiro atoms. The molecule has 0 bridgehead atoms. The maximum atomic E-state index is 14.1. The first-order chi connectivity index (χ1) is 17.2. The molecule has 1 fully saturated rings. The molecular weight excluding hydrogens is 542 g/mol. The summed E-state index contributed by atoms with van der Waals surface area (Å²) in [4.78, 5) is 18.3. The van der Waals surface area contributed by atoms with Gasteiger partial charge in [-0.05, 0) is 36.6 Å². The van der Waals surface area contributed by atoms with Crippen LogP contribution >= 0.6 is 24.8 Å². The number of likely N-dealkylation sites (tertiary alicyclic amines) is 1. The Bertz CT molecular complexity index is 1430. The second kappa shape index (κ2) is 11.8. The number of nitrogens with zero attached hydrogens (tertiary/aromatic N) is 5. The van der Waals surface area contributed by atoms with Crippen LogP contribution in [0.2, 0.25) is 0 Å². The highest BCUT2D eigenvalue weighted by Gasteiger charge is 2.46. The number of rotatable bonds is 6. The molecule has 4 heterocycles. The molecule has 1 amide bonds. The molecule has 1 aromatic carbocycles. The highest BCUT2D eigenvalue weighted by molar-refractivity contribution is 5.89. The second-order valence-corrected chi connectivity index (χ2v) is 9.02. The molecule has 4 aromatic rings. The number of benzene rings is 1. The van der Waals surface area contributed by atoms with Crippen molar-refractivity contribution >= 4 is 47.3 Å². The molecule has 1 aliphatic rings. The largest absolute Gasteiger partial charge is 0.408 e. The first-order valence-electron chi connectivity index (χ1n) is 11.8. The van der Waals surface area contributed by atoms with Crippen LogP contribution in [0.4, 0.5) is 13.2 Å². The van der Waals surface area contributed by atoms with Crippen molar-refractivity contribution < 1.29 is 18.0 Å². The van der Waals surface area contributed by atoms with E-state index in [-0.39, 0.29) is 61.8 Å². The van der Waals surface area contributed by atoms with E-state index in [9.17, 15) is 18.0 Å². The van der Waals surface area contributed by atoms with Gasteiger partial charge >= 0.3 is 6.18 Å². The maximum absolute atomic E-state index is 14.1. The van der Waals surface area contributed by atoms with Crippen molar-refractivity contribution in [2.24, 2.45) is 5.73 Å². The van der Waals surface area contributed by atoms with Crippen molar-refractivity contribution in [3.63, 3.8) is 0 Å². The van der Waals surface area contributed by atoms with Gasteiger partial charge in [0.1, 0.15) is 11.7 Å². The van der Waals surface area contributed by atoms with E-state index in [2.05, 4.69) is 15.5 Å². The van der Waals surface area contributed by atoms with Crippen LogP contribution < -0.4 is 11.1 Å². The Labute approximate surface area is 229 Å². The number of fused-ring (bicyclic) bond motifs is 2. The molecule has 0 saturated carbocycles. The van der Waals surface area contributed by atoms with Crippen LogP contribution in [0.5, 0.6) is 0 Å². The molecule has 13 heteroatoms. The lowest BCUT2D eigenvalue weighted by molar-refractivity contribution is -0.183. The number of para-hydroxylation sites is 1. The Balaban J connectivity index is 0.00000200. The minimum Gasteiger partial charge on any atom is -0.356 e. The molecule has 0 unspecified atom stereocenters. The summed E-state index contributed by atoms with van der Waals surface area (Å²) >= 11 is 0. The highest BCUT2D eigenvalue weighted by atomic mass is 35.5. The predicted molar refractivity (Wildman–Crippen MR) is 144 cm³/mol. The summed E-state index contributed by atoms with van der Waals surface area (Å²) < 4.78 is 44.0. The van der Waals surface area contributed by atoms with Crippen molar-refractivity contribution in [1.82, 2.24) is 29.8 Å². The van der Waals surface area contributed by atoms with E-state index in [1.165, 1.54) is 27.6 Å². The fourth-order valence-electron chi connectivity index (χ4n) is 4.81. The van der Waals surface area contributed by atoms with Gasteiger partial charge in [-0.3, -0.25) is 14.1 Å². The van der Waals surface area contributed by atoms with E-state index in [1.807, 2.05) is 31.2 Å². The number of aromatic nitrogens is 4. The quantitative estimate of drug-likeness (QED) is 0.362. The van der Waals surface area contributed by atoms with E-state index in [0.29, 0.717) is 35.6 Å². The summed E-state index contributed by atoms with van der Waals surface area (Å²) in [5, 5.41) is 12.0. The Morgan fingerprint density at radius 1 is 1.16 bits per heavy atom. The normalized spacial score (nSPS) is 16.7. The van der Waals surface area contributed by atoms with Gasteiger partial charge in [-0.15, -0.1) is 35.0 Å². The van der Waals surface area contributed by atoms with Crippen LogP contribution in [0.3, 0.4) is 0 Å². The molecule has 5 rings (SSSR count). The summed E-state index contributed by atoms with van der Waals surface area (Å²) in [7, 11) is 0. The highest BCUT2D eigenvalue weighted by Crippen LogP contribution is 2.39. The van der Waals surface area contributed by atoms with E-state index in [4.69, 9.17) is 10.7 Å². The fourth-order valence-corrected chi connectivity index (χ4v) is 4.81. The van der Waals surface area contributed by atoms with Crippen LogP contribution in [0.15, 0.2) is 48.7 Å². The molecular formula is C25H28Cl2F3N7O. The van der Waals surface area contributed by atoms with Gasteiger partial charge in [0.2, 0.25) is 5.91 Å². The SMILES string of the molecule is CCNC(=O)Cc1cccc2ccc(-c3nnc4ccc([C@@H](N5CC[C@H](N)C5)C(F)(F)F)cn34)nc12.Cl.Cl. The Morgan fingerprint density at radius 2 is 1.95 bits per heavy atom. The summed E-state index contributed by atoms with van der Waals surface area (Å²) in [6, 6.07) is 10.1. The average Bonchev–Trinajstić information content (AvgIpc) is 3.44. The van der Waals surface area contributed by atoms with E-state index >= 15 is 0 Å². The van der Waals surface area contributed by atoms with Gasteiger partial charge in [-0.2, -0.15) is 13.2 Å². The molecule has 1 saturated heterocycles. The maximum Gasteiger partial charge on any atom is 0.408 e. The van der Waals surface area contributed by atoms with Crippen LogP contribution in [0, 0.1) is 0 Å². The smallest absolute Gasteiger partial charge is 0.356 e. The molecule has 0 radical (unpaired) electrons. The molecule has 3 N–H and O–H groups in total. The number of halogens is 5. The number of likely N-dealkylation sites (N-methyl/N-ethyl adjacent to an activating group) is 1. The summed E-state index contributed by atoms with van der Waals surface area (Å²) in [5.41, 5.74) is 8.22. The van der Waals surface area contributed by atoms with Gasteiger partial charge in [-0.25, -0.2) is 4.98 Å². The average molecular weight is 570 g/mol. The second-order valence-electron chi connectivity index (χ2n) is 9.02. The van der Waals surface area contributed by atoms with E-state index in [0.717, 1.165) is 10.9 Å². The van der Waals surface area contributed by atoms with Crippen LogP contribution in [0.1, 0.15) is 30.5 Å². The molecule has 2 atom stereocenters. The number of nitrogens with one attached hydrogen (secondary N) is 1. The minimum absolute atomic E-state index is 0. The summed E-state index contributed by atoms with van der Waals surface area (Å²) in [6.07, 6.45) is -2.36. The van der Waals surface area contributed by atoms with Crippen molar-refractivity contribution in [3.05, 3.63) is 59.8 Å². The van der Waals surface area contributed by atoms with Crippen molar-refractivity contribution in [2.75, 3.05) is 19.6 Å².